The molecule has 12 aromatic rings. The number of anilines is 3. The molecule has 4 fully saturated rings. The molecule has 6 N–H and O–H groups in total. The zero-order valence-corrected chi connectivity index (χ0v) is 54.3. The molecule has 30 heteroatoms. The minimum absolute atomic E-state index is 0.0992. The molecule has 12 aromatic heterocycles. The highest BCUT2D eigenvalue weighted by Gasteiger charge is 2.40. The largest absolute Gasteiger partial charge is 0.348 e. The highest BCUT2D eigenvalue weighted by molar-refractivity contribution is 7.30. The molecule has 16 rings (SSSR count). The molecule has 2 bridgehead atoms. The molecule has 4 aliphatic heterocycles. The second-order valence-electron chi connectivity index (χ2n) is 24.1. The maximum Gasteiger partial charge on any atom is 0.257 e. The summed E-state index contributed by atoms with van der Waals surface area (Å²) in [6.45, 7) is 11.2. The number of aromatic amines is 3. The number of nitrogens with one attached hydrogen (secondary N) is 6. The summed E-state index contributed by atoms with van der Waals surface area (Å²) in [4.78, 5) is 53.9. The van der Waals surface area contributed by atoms with Gasteiger partial charge >= 0.3 is 0 Å². The van der Waals surface area contributed by atoms with E-state index in [0.717, 1.165) is 125 Å². The normalized spacial score (nSPS) is 19.8. The van der Waals surface area contributed by atoms with E-state index in [0.29, 0.717) is 35.3 Å². The molecule has 88 heavy (non-hydrogen) atoms. The van der Waals surface area contributed by atoms with Crippen molar-refractivity contribution in [1.29, 1.82) is 0 Å². The first kappa shape index (κ1) is 58.3. The maximum absolute atomic E-state index is 12.6. The van der Waals surface area contributed by atoms with Gasteiger partial charge in [0.2, 0.25) is 0 Å². The quantitative estimate of drug-likeness (QED) is 0.0663. The number of piperidine rings is 3. The van der Waals surface area contributed by atoms with E-state index in [2.05, 4.69) is 135 Å². The van der Waals surface area contributed by atoms with E-state index < -0.39 is 0 Å². The molecule has 0 spiro atoms. The van der Waals surface area contributed by atoms with Gasteiger partial charge in [0.25, 0.3) is 5.56 Å². The molecule has 0 amide bonds. The number of hydrogen-bond acceptors (Lipinski definition) is 26. The van der Waals surface area contributed by atoms with Crippen molar-refractivity contribution in [3.8, 4) is 60.2 Å². The van der Waals surface area contributed by atoms with Crippen LogP contribution in [-0.2, 0) is 0 Å². The summed E-state index contributed by atoms with van der Waals surface area (Å²) in [5, 5.41) is 53.9. The van der Waals surface area contributed by atoms with Gasteiger partial charge in [0.1, 0.15) is 21.4 Å². The van der Waals surface area contributed by atoms with Crippen LogP contribution >= 0.6 is 68.0 Å². The second kappa shape index (κ2) is 24.2. The smallest absolute Gasteiger partial charge is 0.257 e. The van der Waals surface area contributed by atoms with Crippen LogP contribution in [0.2, 0.25) is 0 Å². The van der Waals surface area contributed by atoms with E-state index in [1.165, 1.54) is 49.9 Å². The summed E-state index contributed by atoms with van der Waals surface area (Å²) in [7, 11) is 6.43. The lowest BCUT2D eigenvalue weighted by Gasteiger charge is -2.48. The van der Waals surface area contributed by atoms with E-state index in [9.17, 15) is 4.79 Å². The van der Waals surface area contributed by atoms with Crippen molar-refractivity contribution in [2.45, 2.75) is 120 Å². The SMILES string of the molecule is CN(c1nc2sc(-c3ccc(-c4cn[nH]c4)nn3)nc2s1)C1CC(C)(C)NC(C)(C)C1.CN(c1nc2sc(-c3ccc(-c4cn[nH]c4)nn3)nc2s1)C1C[C@H]2CC[C@@H](C1)N2.CN(c1nc2sc(-n3ccc(-c4cn[nH]c4)cc3=O)nc2s1)[C@@H]1CCCNC1. The molecule has 454 valence electrons. The molecule has 0 aromatic carbocycles. The lowest BCUT2D eigenvalue weighted by molar-refractivity contribution is 0.161. The molecule has 4 atom stereocenters. The Balaban J connectivity index is 0.000000116. The van der Waals surface area contributed by atoms with E-state index in [1.807, 2.05) is 30.3 Å². The molecular formula is C58H65N23OS6. The fraction of sp³-hybridized carbons (Fsp3) is 0.414. The second-order valence-corrected chi connectivity index (χ2v) is 29.9. The fourth-order valence-corrected chi connectivity index (χ4v) is 18.5. The van der Waals surface area contributed by atoms with Gasteiger partial charge in [0.15, 0.2) is 49.5 Å². The molecule has 0 radical (unpaired) electrons. The summed E-state index contributed by atoms with van der Waals surface area (Å²) >= 11 is 9.49. The van der Waals surface area contributed by atoms with Crippen LogP contribution in [0.4, 0.5) is 15.4 Å². The molecular weight excluding hydrogens is 1230 g/mol. The Morgan fingerprint density at radius 1 is 0.523 bits per heavy atom. The first-order chi connectivity index (χ1) is 42.6. The Morgan fingerprint density at radius 2 is 1.00 bits per heavy atom. The topological polar surface area (TPSA) is 283 Å². The van der Waals surface area contributed by atoms with Crippen molar-refractivity contribution in [3.63, 3.8) is 0 Å². The highest BCUT2D eigenvalue weighted by Crippen LogP contribution is 2.41. The van der Waals surface area contributed by atoms with Crippen molar-refractivity contribution in [2.24, 2.45) is 0 Å². The van der Waals surface area contributed by atoms with Crippen molar-refractivity contribution < 1.29 is 0 Å². The molecule has 24 nitrogen and oxygen atoms in total. The predicted molar refractivity (Wildman–Crippen MR) is 355 cm³/mol. The third-order valence-electron chi connectivity index (χ3n) is 16.6. The van der Waals surface area contributed by atoms with Gasteiger partial charge in [0, 0.05) is 117 Å². The lowest BCUT2D eigenvalue weighted by Crippen LogP contribution is -2.61. The van der Waals surface area contributed by atoms with Gasteiger partial charge in [-0.05, 0) is 122 Å². The first-order valence-corrected chi connectivity index (χ1v) is 34.2. The van der Waals surface area contributed by atoms with Crippen LogP contribution in [0.3, 0.4) is 0 Å². The average Bonchev–Trinajstić information content (AvgIpc) is 4.30. The maximum atomic E-state index is 12.6. The van der Waals surface area contributed by atoms with Crippen LogP contribution in [0.15, 0.2) is 84.6 Å². The summed E-state index contributed by atoms with van der Waals surface area (Å²) in [6.07, 6.45) is 21.9. The van der Waals surface area contributed by atoms with Crippen LogP contribution < -0.4 is 36.2 Å². The number of likely N-dealkylation sites (N-methyl/N-ethyl adjacent to an activating group) is 1. The minimum atomic E-state index is -0.120. The van der Waals surface area contributed by atoms with Crippen LogP contribution in [0.1, 0.15) is 79.1 Å². The predicted octanol–water partition coefficient (Wildman–Crippen LogP) is 10.1. The summed E-state index contributed by atoms with van der Waals surface area (Å²) in [5.41, 5.74) is 6.74. The van der Waals surface area contributed by atoms with Crippen LogP contribution in [0, 0.1) is 0 Å². The number of hydrogen-bond donors (Lipinski definition) is 6. The summed E-state index contributed by atoms with van der Waals surface area (Å²) in [6, 6.07) is 14.1. The minimum Gasteiger partial charge on any atom is -0.348 e. The summed E-state index contributed by atoms with van der Waals surface area (Å²) in [5.74, 6) is 0. The standard InChI is InChI=1S/C21H26N8S2.C19H20N8S2.C18H19N7OS2/c1-20(2)8-13(9-21(3,4)28-20)29(5)19-25-18-17(31-19)24-16(30-18)15-7-6-14(26-27-15)12-10-22-23-11-12;1-27(13-6-11-2-3-12(7-13)22-11)19-24-18-17(29-19)23-16(28-18)15-5-4-14(25-26-15)10-8-20-21-9-10;1-24(13-3-2-5-19-10-13)17-22-15-16(27-17)23-18(28-15)25-6-4-11(7-14(25)26)12-8-20-21-9-12/h6-7,10-11,13,28H,8-9H2,1-5H3,(H,22,23);4-5,8-9,11-13,22H,2-3,6-7H2,1H3,(H,20,21);4,6-9,13,19H,2-3,5,10H2,1H3,(H,20,21)/t;11-,12+,13?;13-/m..1/s1. The first-order valence-electron chi connectivity index (χ1n) is 29.3. The molecule has 4 aliphatic rings. The van der Waals surface area contributed by atoms with Crippen LogP contribution in [0.5, 0.6) is 0 Å². The Bertz CT molecular complexity index is 4240. The van der Waals surface area contributed by atoms with Gasteiger partial charge in [-0.3, -0.25) is 24.7 Å². The number of rotatable bonds is 12. The van der Waals surface area contributed by atoms with Crippen molar-refractivity contribution in [3.05, 3.63) is 90.1 Å². The van der Waals surface area contributed by atoms with Crippen molar-refractivity contribution in [2.75, 3.05) is 48.9 Å². The van der Waals surface area contributed by atoms with E-state index in [1.54, 1.807) is 111 Å². The van der Waals surface area contributed by atoms with Crippen molar-refractivity contribution in [1.82, 2.24) is 101 Å². The third kappa shape index (κ3) is 12.4. The molecule has 16 heterocycles. The number of aromatic nitrogens is 17. The highest BCUT2D eigenvalue weighted by atomic mass is 32.1. The lowest BCUT2D eigenvalue weighted by atomic mass is 9.79. The van der Waals surface area contributed by atoms with Gasteiger partial charge < -0.3 is 30.7 Å². The Kier molecular flexibility index (Phi) is 16.0. The summed E-state index contributed by atoms with van der Waals surface area (Å²) < 4.78 is 1.57. The molecule has 1 unspecified atom stereocenters. The number of pyridine rings is 1. The number of H-pyrrole nitrogens is 3. The number of thiazole rings is 6. The van der Waals surface area contributed by atoms with Gasteiger partial charge in [0.05, 0.1) is 30.0 Å². The number of nitrogens with zero attached hydrogens (tertiary/aromatic N) is 17. The number of fused-ring (bicyclic) bond motifs is 5. The van der Waals surface area contributed by atoms with Gasteiger partial charge in [-0.2, -0.15) is 15.3 Å². The Labute approximate surface area is 529 Å². The van der Waals surface area contributed by atoms with Crippen LogP contribution in [-0.4, -0.2) is 161 Å². The monoisotopic (exact) mass is 1290 g/mol. The van der Waals surface area contributed by atoms with Gasteiger partial charge in [-0.15, -0.1) is 20.4 Å². The van der Waals surface area contributed by atoms with E-state index in [4.69, 9.17) is 24.9 Å². The molecule has 0 saturated carbocycles. The zero-order valence-electron chi connectivity index (χ0n) is 49.4. The van der Waals surface area contributed by atoms with E-state index >= 15 is 0 Å². The zero-order chi connectivity index (χ0) is 60.3. The van der Waals surface area contributed by atoms with Crippen LogP contribution in [0.25, 0.3) is 89.2 Å². The van der Waals surface area contributed by atoms with Crippen molar-refractivity contribution >= 4 is 112 Å². The van der Waals surface area contributed by atoms with E-state index in [-0.39, 0.29) is 16.6 Å². The average molecular weight is 1290 g/mol. The molecule has 0 aliphatic carbocycles. The Hall–Kier alpha value is -7.42. The fourth-order valence-electron chi connectivity index (χ4n) is 12.4. The third-order valence-corrected chi connectivity index (χ3v) is 23.0. The van der Waals surface area contributed by atoms with Gasteiger partial charge in [-0.1, -0.05) is 68.0 Å². The Morgan fingerprint density at radius 3 is 1.47 bits per heavy atom. The van der Waals surface area contributed by atoms with Gasteiger partial charge in [-0.25, -0.2) is 29.9 Å². The molecule has 4 saturated heterocycles.